The Hall–Kier alpha value is -0.610. The molecule has 4 nitrogen and oxygen atoms in total. The average molecular weight is 294 g/mol. The normalized spacial score (nSPS) is 39.6. The second-order valence-electron chi connectivity index (χ2n) is 8.24. The number of amides is 1. The third kappa shape index (κ3) is 2.50. The fourth-order valence-corrected chi connectivity index (χ4v) is 4.94. The summed E-state index contributed by atoms with van der Waals surface area (Å²) in [6.45, 7) is 9.29. The maximum absolute atomic E-state index is 12.4. The van der Waals surface area contributed by atoms with E-state index in [0.29, 0.717) is 18.0 Å². The molecule has 1 heterocycles. The lowest BCUT2D eigenvalue weighted by atomic mass is 9.69. The quantitative estimate of drug-likeness (QED) is 0.834. The Bertz CT molecular complexity index is 415. The van der Waals surface area contributed by atoms with E-state index in [-0.39, 0.29) is 17.4 Å². The monoisotopic (exact) mass is 294 g/mol. The molecule has 0 radical (unpaired) electrons. The Morgan fingerprint density at radius 1 is 1.24 bits per heavy atom. The zero-order valence-corrected chi connectivity index (χ0v) is 13.7. The van der Waals surface area contributed by atoms with Crippen molar-refractivity contribution in [3.8, 4) is 0 Å². The number of nitrogens with zero attached hydrogens (tertiary/aromatic N) is 1. The van der Waals surface area contributed by atoms with Gasteiger partial charge in [0.1, 0.15) is 0 Å². The van der Waals surface area contributed by atoms with Gasteiger partial charge in [-0.2, -0.15) is 0 Å². The molecule has 2 N–H and O–H groups in total. The molecule has 1 aliphatic heterocycles. The molecule has 0 aromatic carbocycles. The molecule has 3 fully saturated rings. The van der Waals surface area contributed by atoms with Crippen molar-refractivity contribution in [2.45, 2.75) is 65.0 Å². The predicted molar refractivity (Wildman–Crippen MR) is 82.8 cm³/mol. The number of hydrogen-bond donors (Lipinski definition) is 2. The number of nitrogens with one attached hydrogen (secondary N) is 1. The zero-order valence-electron chi connectivity index (χ0n) is 13.7. The van der Waals surface area contributed by atoms with Crippen molar-refractivity contribution in [3.63, 3.8) is 0 Å². The number of piperidine rings is 1. The maximum Gasteiger partial charge on any atom is 0.234 e. The summed E-state index contributed by atoms with van der Waals surface area (Å²) in [6.07, 6.45) is 5.13. The third-order valence-electron chi connectivity index (χ3n) is 7.05. The largest absolute Gasteiger partial charge is 0.393 e. The predicted octanol–water partition coefficient (Wildman–Crippen LogP) is 1.77. The lowest BCUT2D eigenvalue weighted by molar-refractivity contribution is -0.124. The Kier molecular flexibility index (Phi) is 3.81. The van der Waals surface area contributed by atoms with Crippen LogP contribution in [0.3, 0.4) is 0 Å². The van der Waals surface area contributed by atoms with Crippen LogP contribution in [0, 0.1) is 16.7 Å². The van der Waals surface area contributed by atoms with Gasteiger partial charge in [0.25, 0.3) is 0 Å². The molecule has 1 saturated heterocycles. The molecule has 3 atom stereocenters. The van der Waals surface area contributed by atoms with Crippen LogP contribution < -0.4 is 5.32 Å². The molecule has 1 amide bonds. The van der Waals surface area contributed by atoms with E-state index in [1.165, 1.54) is 12.8 Å². The van der Waals surface area contributed by atoms with Crippen LogP contribution in [0.5, 0.6) is 0 Å². The summed E-state index contributed by atoms with van der Waals surface area (Å²) in [5, 5.41) is 12.8. The lowest BCUT2D eigenvalue weighted by Gasteiger charge is -2.39. The Morgan fingerprint density at radius 3 is 2.43 bits per heavy atom. The van der Waals surface area contributed by atoms with E-state index in [1.54, 1.807) is 0 Å². The van der Waals surface area contributed by atoms with Gasteiger partial charge in [-0.3, -0.25) is 9.69 Å². The summed E-state index contributed by atoms with van der Waals surface area (Å²) in [4.78, 5) is 14.5. The standard InChI is InChI=1S/C17H30N2O2/c1-16(2)12-4-7-17(16,3)14(10-12)18-15(21)11-19-8-5-13(20)6-9-19/h12-14,20H,4-11H2,1-3H3,(H,18,21). The third-order valence-corrected chi connectivity index (χ3v) is 7.05. The molecule has 120 valence electrons. The molecule has 2 bridgehead atoms. The molecular weight excluding hydrogens is 264 g/mol. The van der Waals surface area contributed by atoms with Crippen molar-refractivity contribution in [2.24, 2.45) is 16.7 Å². The number of aliphatic hydroxyl groups excluding tert-OH is 1. The van der Waals surface area contributed by atoms with Crippen LogP contribution in [-0.4, -0.2) is 47.7 Å². The molecule has 3 rings (SSSR count). The highest BCUT2D eigenvalue weighted by atomic mass is 16.3. The van der Waals surface area contributed by atoms with Crippen LogP contribution in [0.15, 0.2) is 0 Å². The number of hydrogen-bond acceptors (Lipinski definition) is 3. The van der Waals surface area contributed by atoms with Gasteiger partial charge >= 0.3 is 0 Å². The molecule has 3 aliphatic rings. The first-order chi connectivity index (χ1) is 9.83. The van der Waals surface area contributed by atoms with Gasteiger partial charge in [0.05, 0.1) is 12.6 Å². The Balaban J connectivity index is 1.54. The highest BCUT2D eigenvalue weighted by Gasteiger charge is 2.61. The van der Waals surface area contributed by atoms with Gasteiger partial charge in [0.15, 0.2) is 0 Å². The first-order valence-electron chi connectivity index (χ1n) is 8.53. The lowest BCUT2D eigenvalue weighted by Crippen LogP contribution is -2.50. The van der Waals surface area contributed by atoms with Gasteiger partial charge in [0, 0.05) is 19.1 Å². The van der Waals surface area contributed by atoms with Gasteiger partial charge in [-0.25, -0.2) is 0 Å². The fraction of sp³-hybridized carbons (Fsp3) is 0.941. The number of aliphatic hydroxyl groups is 1. The van der Waals surface area contributed by atoms with Crippen molar-refractivity contribution >= 4 is 5.91 Å². The zero-order chi connectivity index (χ0) is 15.3. The van der Waals surface area contributed by atoms with Gasteiger partial charge in [0.2, 0.25) is 5.91 Å². The Labute approximate surface area is 128 Å². The molecule has 0 aromatic heterocycles. The number of likely N-dealkylation sites (tertiary alicyclic amines) is 1. The number of carbonyl (C=O) groups excluding carboxylic acids is 1. The molecule has 0 spiro atoms. The van der Waals surface area contributed by atoms with Crippen molar-refractivity contribution < 1.29 is 9.90 Å². The number of rotatable bonds is 3. The number of fused-ring (bicyclic) bond motifs is 2. The maximum atomic E-state index is 12.4. The van der Waals surface area contributed by atoms with Gasteiger partial charge < -0.3 is 10.4 Å². The van der Waals surface area contributed by atoms with Crippen LogP contribution in [0.1, 0.15) is 52.9 Å². The molecule has 0 aromatic rings. The van der Waals surface area contributed by atoms with E-state index in [4.69, 9.17) is 0 Å². The minimum absolute atomic E-state index is 0.168. The van der Waals surface area contributed by atoms with E-state index in [9.17, 15) is 9.90 Å². The molecule has 3 unspecified atom stereocenters. The summed E-state index contributed by atoms with van der Waals surface area (Å²) in [6, 6.07) is 0.342. The molecule has 4 heteroatoms. The van der Waals surface area contributed by atoms with Crippen molar-refractivity contribution in [1.29, 1.82) is 0 Å². The summed E-state index contributed by atoms with van der Waals surface area (Å²) < 4.78 is 0. The summed E-state index contributed by atoms with van der Waals surface area (Å²) in [7, 11) is 0. The van der Waals surface area contributed by atoms with Gasteiger partial charge in [-0.1, -0.05) is 20.8 Å². The minimum atomic E-state index is -0.172. The smallest absolute Gasteiger partial charge is 0.234 e. The van der Waals surface area contributed by atoms with E-state index in [1.807, 2.05) is 0 Å². The van der Waals surface area contributed by atoms with Crippen molar-refractivity contribution in [2.75, 3.05) is 19.6 Å². The van der Waals surface area contributed by atoms with E-state index < -0.39 is 0 Å². The van der Waals surface area contributed by atoms with Gasteiger partial charge in [-0.05, 0) is 48.9 Å². The second-order valence-corrected chi connectivity index (χ2v) is 8.24. The summed E-state index contributed by atoms with van der Waals surface area (Å²) >= 11 is 0. The second kappa shape index (κ2) is 5.24. The average Bonchev–Trinajstić information content (AvgIpc) is 2.74. The van der Waals surface area contributed by atoms with Crippen molar-refractivity contribution in [3.05, 3.63) is 0 Å². The highest BCUT2D eigenvalue weighted by Crippen LogP contribution is 2.65. The van der Waals surface area contributed by atoms with Crippen LogP contribution in [0.2, 0.25) is 0 Å². The van der Waals surface area contributed by atoms with Crippen LogP contribution in [0.25, 0.3) is 0 Å². The van der Waals surface area contributed by atoms with E-state index in [2.05, 4.69) is 31.0 Å². The summed E-state index contributed by atoms with van der Waals surface area (Å²) in [5.41, 5.74) is 0.603. The molecular formula is C17H30N2O2. The van der Waals surface area contributed by atoms with Gasteiger partial charge in [-0.15, -0.1) is 0 Å². The Morgan fingerprint density at radius 2 is 1.90 bits per heavy atom. The fourth-order valence-electron chi connectivity index (χ4n) is 4.94. The first kappa shape index (κ1) is 15.3. The molecule has 21 heavy (non-hydrogen) atoms. The topological polar surface area (TPSA) is 52.6 Å². The van der Waals surface area contributed by atoms with E-state index in [0.717, 1.165) is 38.3 Å². The SMILES string of the molecule is CC1(C)C2CCC1(C)C(NC(=O)CN1CCC(O)CC1)C2. The number of carbonyl (C=O) groups is 1. The molecule has 2 aliphatic carbocycles. The first-order valence-corrected chi connectivity index (χ1v) is 8.53. The van der Waals surface area contributed by atoms with Crippen LogP contribution >= 0.6 is 0 Å². The summed E-state index contributed by atoms with van der Waals surface area (Å²) in [5.74, 6) is 0.930. The minimum Gasteiger partial charge on any atom is -0.393 e. The molecule has 2 saturated carbocycles. The van der Waals surface area contributed by atoms with Crippen LogP contribution in [-0.2, 0) is 4.79 Å². The van der Waals surface area contributed by atoms with E-state index >= 15 is 0 Å². The van der Waals surface area contributed by atoms with Crippen LogP contribution in [0.4, 0.5) is 0 Å². The van der Waals surface area contributed by atoms with Crippen molar-refractivity contribution in [1.82, 2.24) is 10.2 Å². The highest BCUT2D eigenvalue weighted by molar-refractivity contribution is 5.78.